The Hall–Kier alpha value is -1.53. The van der Waals surface area contributed by atoms with Crippen LogP contribution in [0.4, 0.5) is 0 Å². The number of fused-ring (bicyclic) bond motifs is 5. The number of rotatable bonds is 0. The Morgan fingerprint density at radius 1 is 1.24 bits per heavy atom. The normalized spacial score (nSPS) is 50.5. The smallest absolute Gasteiger partial charge is 0.184 e. The summed E-state index contributed by atoms with van der Waals surface area (Å²) in [7, 11) is 0. The van der Waals surface area contributed by atoms with Crippen molar-refractivity contribution in [1.29, 1.82) is 0 Å². The summed E-state index contributed by atoms with van der Waals surface area (Å²) in [4.78, 5) is 12.2. The maximum absolute atomic E-state index is 12.2. The molecule has 6 atom stereocenters. The molecule has 25 heavy (non-hydrogen) atoms. The van der Waals surface area contributed by atoms with Gasteiger partial charge < -0.3 is 10.2 Å². The highest BCUT2D eigenvalue weighted by Gasteiger charge is 2.63. The van der Waals surface area contributed by atoms with Gasteiger partial charge in [0.25, 0.3) is 0 Å². The zero-order chi connectivity index (χ0) is 18.0. The Kier molecular flexibility index (Phi) is 3.54. The van der Waals surface area contributed by atoms with Gasteiger partial charge in [-0.25, -0.2) is 0 Å². The number of allylic oxidation sites excluding steroid dienone is 2. The first-order valence-electron chi connectivity index (χ1n) is 9.58. The quantitative estimate of drug-likeness (QED) is 0.399. The number of aliphatic hydroxyl groups excluding tert-OH is 1. The van der Waals surface area contributed by atoms with Crippen LogP contribution in [0.15, 0.2) is 23.5 Å². The molecular formula is C22H28O3. The molecule has 3 fully saturated rings. The van der Waals surface area contributed by atoms with Gasteiger partial charge in [-0.3, -0.25) is 4.79 Å². The number of carbonyl (C=O) groups excluding carboxylic acids is 1. The Morgan fingerprint density at radius 2 is 1.96 bits per heavy atom. The van der Waals surface area contributed by atoms with Crippen LogP contribution >= 0.6 is 0 Å². The molecule has 0 aromatic carbocycles. The minimum Gasteiger partial charge on any atom is -0.515 e. The number of terminal acetylenes is 1. The number of ketones is 1. The Bertz CT molecular complexity index is 726. The van der Waals surface area contributed by atoms with Crippen LogP contribution in [0, 0.1) is 40.9 Å². The molecule has 0 aromatic rings. The standard InChI is InChI=1S/C22H28O3/c1-4-22(25)10-8-18-16-6-5-15-11-19(24)14(13-23)12-20(15,2)17(16)7-9-21(18,22)3/h1,11,13,16-18,23,25H,5-10,12H2,2-3H3/t16-,17+,18+,20+,21+,22+/m1/s1. The Balaban J connectivity index is 1.72. The van der Waals surface area contributed by atoms with Crippen molar-refractivity contribution in [3.63, 3.8) is 0 Å². The van der Waals surface area contributed by atoms with Crippen LogP contribution < -0.4 is 0 Å². The van der Waals surface area contributed by atoms with Crippen molar-refractivity contribution in [3.05, 3.63) is 23.5 Å². The van der Waals surface area contributed by atoms with Crippen molar-refractivity contribution in [2.75, 3.05) is 0 Å². The molecule has 4 aliphatic rings. The van der Waals surface area contributed by atoms with Crippen molar-refractivity contribution in [2.45, 2.75) is 64.4 Å². The average Bonchev–Trinajstić information content (AvgIpc) is 2.87. The predicted molar refractivity (Wildman–Crippen MR) is 96.6 cm³/mol. The van der Waals surface area contributed by atoms with Crippen molar-refractivity contribution in [2.24, 2.45) is 28.6 Å². The van der Waals surface area contributed by atoms with E-state index in [-0.39, 0.29) is 16.6 Å². The zero-order valence-electron chi connectivity index (χ0n) is 15.2. The lowest BCUT2D eigenvalue weighted by Crippen LogP contribution is -2.54. The van der Waals surface area contributed by atoms with Crippen LogP contribution in [0.2, 0.25) is 0 Å². The number of hydrogen-bond donors (Lipinski definition) is 2. The lowest BCUT2D eigenvalue weighted by Gasteiger charge is -2.58. The molecule has 0 bridgehead atoms. The summed E-state index contributed by atoms with van der Waals surface area (Å²) in [6, 6.07) is 0. The van der Waals surface area contributed by atoms with E-state index in [4.69, 9.17) is 6.42 Å². The number of hydrogen-bond acceptors (Lipinski definition) is 3. The molecule has 3 heteroatoms. The molecule has 134 valence electrons. The second-order valence-electron chi connectivity index (χ2n) is 9.20. The molecule has 0 unspecified atom stereocenters. The monoisotopic (exact) mass is 340 g/mol. The molecule has 0 aromatic heterocycles. The van der Waals surface area contributed by atoms with Gasteiger partial charge in [-0.05, 0) is 74.2 Å². The summed E-state index contributed by atoms with van der Waals surface area (Å²) in [5.74, 6) is 4.17. The fourth-order valence-corrected chi connectivity index (χ4v) is 6.90. The van der Waals surface area contributed by atoms with Gasteiger partial charge >= 0.3 is 0 Å². The largest absolute Gasteiger partial charge is 0.515 e. The fourth-order valence-electron chi connectivity index (χ4n) is 6.90. The van der Waals surface area contributed by atoms with Gasteiger partial charge in [0.15, 0.2) is 5.78 Å². The molecule has 0 amide bonds. The van der Waals surface area contributed by atoms with E-state index >= 15 is 0 Å². The predicted octanol–water partition coefficient (Wildman–Crippen LogP) is 3.93. The number of carbonyl (C=O) groups is 1. The molecule has 0 aliphatic heterocycles. The van der Waals surface area contributed by atoms with E-state index in [9.17, 15) is 15.0 Å². The lowest BCUT2D eigenvalue weighted by molar-refractivity contribution is -0.115. The summed E-state index contributed by atoms with van der Waals surface area (Å²) < 4.78 is 0. The van der Waals surface area contributed by atoms with Gasteiger partial charge in [-0.1, -0.05) is 25.3 Å². The van der Waals surface area contributed by atoms with Crippen molar-refractivity contribution >= 4 is 5.78 Å². The van der Waals surface area contributed by atoms with E-state index in [1.165, 1.54) is 5.57 Å². The minimum absolute atomic E-state index is 0.0309. The van der Waals surface area contributed by atoms with Crippen LogP contribution in [-0.2, 0) is 4.79 Å². The third kappa shape index (κ3) is 2.01. The average molecular weight is 340 g/mol. The molecule has 0 saturated heterocycles. The maximum atomic E-state index is 12.2. The van der Waals surface area contributed by atoms with E-state index in [1.54, 1.807) is 6.08 Å². The zero-order valence-corrected chi connectivity index (χ0v) is 15.2. The molecule has 0 heterocycles. The Labute approximate surface area is 150 Å². The van der Waals surface area contributed by atoms with E-state index in [2.05, 4.69) is 19.8 Å². The first-order chi connectivity index (χ1) is 11.8. The lowest BCUT2D eigenvalue weighted by atomic mass is 9.46. The van der Waals surface area contributed by atoms with Gasteiger partial charge in [-0.15, -0.1) is 6.42 Å². The third-order valence-electron chi connectivity index (χ3n) is 8.46. The topological polar surface area (TPSA) is 57.5 Å². The summed E-state index contributed by atoms with van der Waals surface area (Å²) in [5, 5.41) is 20.5. The van der Waals surface area contributed by atoms with Gasteiger partial charge in [0.05, 0.1) is 6.26 Å². The van der Waals surface area contributed by atoms with E-state index in [1.807, 2.05) is 0 Å². The summed E-state index contributed by atoms with van der Waals surface area (Å²) in [6.45, 7) is 4.47. The SMILES string of the molecule is C#C[C@]1(O)CC[C@H]2[C@@H]3CCC4=CC(=O)C(=CO)C[C@]4(C)[C@H]3CC[C@@]21C. The van der Waals surface area contributed by atoms with E-state index in [0.29, 0.717) is 36.2 Å². The molecular weight excluding hydrogens is 312 g/mol. The second-order valence-corrected chi connectivity index (χ2v) is 9.20. The first kappa shape index (κ1) is 16.9. The molecule has 4 rings (SSSR count). The molecule has 4 aliphatic carbocycles. The minimum atomic E-state index is -0.974. The van der Waals surface area contributed by atoms with Crippen LogP contribution in [-0.4, -0.2) is 21.6 Å². The van der Waals surface area contributed by atoms with Crippen LogP contribution in [0.3, 0.4) is 0 Å². The van der Waals surface area contributed by atoms with Crippen molar-refractivity contribution < 1.29 is 15.0 Å². The maximum Gasteiger partial charge on any atom is 0.184 e. The van der Waals surface area contributed by atoms with Crippen LogP contribution in [0.1, 0.15) is 58.8 Å². The molecule has 2 N–H and O–H groups in total. The van der Waals surface area contributed by atoms with Crippen molar-refractivity contribution in [3.8, 4) is 12.3 Å². The summed E-state index contributed by atoms with van der Waals surface area (Å²) in [5.41, 5.74) is 0.577. The number of aliphatic hydroxyl groups is 2. The van der Waals surface area contributed by atoms with Gasteiger partial charge in [-0.2, -0.15) is 0 Å². The molecule has 0 radical (unpaired) electrons. The summed E-state index contributed by atoms with van der Waals surface area (Å²) >= 11 is 0. The van der Waals surface area contributed by atoms with Crippen molar-refractivity contribution in [1.82, 2.24) is 0 Å². The highest BCUT2D eigenvalue weighted by molar-refractivity contribution is 6.05. The fraction of sp³-hybridized carbons (Fsp3) is 0.682. The Morgan fingerprint density at radius 3 is 2.64 bits per heavy atom. The first-order valence-corrected chi connectivity index (χ1v) is 9.58. The molecule has 3 saturated carbocycles. The van der Waals surface area contributed by atoms with Gasteiger partial charge in [0.1, 0.15) is 5.60 Å². The highest BCUT2D eigenvalue weighted by Crippen LogP contribution is 2.67. The third-order valence-corrected chi connectivity index (χ3v) is 8.46. The second kappa shape index (κ2) is 5.24. The van der Waals surface area contributed by atoms with Crippen LogP contribution in [0.25, 0.3) is 0 Å². The highest BCUT2D eigenvalue weighted by atomic mass is 16.3. The van der Waals surface area contributed by atoms with E-state index < -0.39 is 5.60 Å². The molecule has 3 nitrogen and oxygen atoms in total. The van der Waals surface area contributed by atoms with Gasteiger partial charge in [0.2, 0.25) is 0 Å². The summed E-state index contributed by atoms with van der Waals surface area (Å²) in [6.07, 6.45) is 14.8. The van der Waals surface area contributed by atoms with E-state index in [0.717, 1.165) is 38.4 Å². The van der Waals surface area contributed by atoms with Gasteiger partial charge in [0, 0.05) is 11.0 Å². The van der Waals surface area contributed by atoms with Crippen LogP contribution in [0.5, 0.6) is 0 Å². The molecule has 0 spiro atoms.